The van der Waals surface area contributed by atoms with Crippen LogP contribution in [-0.4, -0.2) is 21.7 Å². The Kier molecular flexibility index (Phi) is 3.26. The summed E-state index contributed by atoms with van der Waals surface area (Å²) in [5, 5.41) is 2.76. The van der Waals surface area contributed by atoms with Gasteiger partial charge in [-0.3, -0.25) is 0 Å². The van der Waals surface area contributed by atoms with Gasteiger partial charge in [0.15, 0.2) is 0 Å². The fourth-order valence-electron chi connectivity index (χ4n) is 1.23. The van der Waals surface area contributed by atoms with Gasteiger partial charge in [0.1, 0.15) is 11.4 Å². The van der Waals surface area contributed by atoms with E-state index in [2.05, 4.69) is 15.3 Å². The predicted molar refractivity (Wildman–Crippen MR) is 61.0 cm³/mol. The number of H-pyrrole nitrogens is 1. The monoisotopic (exact) mass is 225 g/mol. The summed E-state index contributed by atoms with van der Waals surface area (Å²) in [6.45, 7) is 9.19. The fourth-order valence-corrected chi connectivity index (χ4v) is 1.23. The molecule has 0 fully saturated rings. The van der Waals surface area contributed by atoms with Gasteiger partial charge in [0.05, 0.1) is 5.54 Å². The van der Waals surface area contributed by atoms with Crippen LogP contribution in [0.5, 0.6) is 0 Å². The Morgan fingerprint density at radius 3 is 2.44 bits per heavy atom. The number of carbonyl (C=O) groups is 1. The summed E-state index contributed by atoms with van der Waals surface area (Å²) in [6.07, 6.45) is 2.91. The van der Waals surface area contributed by atoms with Gasteiger partial charge in [0.2, 0.25) is 0 Å². The molecule has 0 saturated heterocycles. The smallest absolute Gasteiger partial charge is 0.408 e. The van der Waals surface area contributed by atoms with Crippen LogP contribution >= 0.6 is 0 Å². The summed E-state index contributed by atoms with van der Waals surface area (Å²) in [7, 11) is 0. The van der Waals surface area contributed by atoms with Crippen molar-refractivity contribution in [1.29, 1.82) is 0 Å². The number of amides is 1. The van der Waals surface area contributed by atoms with E-state index >= 15 is 0 Å². The summed E-state index contributed by atoms with van der Waals surface area (Å²) in [5.74, 6) is 0.693. The number of imidazole rings is 1. The van der Waals surface area contributed by atoms with Crippen molar-refractivity contribution < 1.29 is 9.53 Å². The molecule has 0 aliphatic carbocycles. The summed E-state index contributed by atoms with van der Waals surface area (Å²) < 4.78 is 5.18. The molecule has 5 heteroatoms. The minimum Gasteiger partial charge on any atom is -0.444 e. The van der Waals surface area contributed by atoms with E-state index in [-0.39, 0.29) is 0 Å². The number of hydrogen-bond acceptors (Lipinski definition) is 3. The number of alkyl carbamates (subject to hydrolysis) is 1. The molecule has 2 N–H and O–H groups in total. The Hall–Kier alpha value is -1.52. The van der Waals surface area contributed by atoms with Crippen molar-refractivity contribution in [3.63, 3.8) is 0 Å². The van der Waals surface area contributed by atoms with Crippen LogP contribution in [0.1, 0.15) is 40.4 Å². The first-order valence-electron chi connectivity index (χ1n) is 5.22. The van der Waals surface area contributed by atoms with Crippen LogP contribution in [0.25, 0.3) is 0 Å². The molecule has 1 aromatic rings. The number of ether oxygens (including phenoxy) is 1. The molecule has 0 aliphatic rings. The largest absolute Gasteiger partial charge is 0.444 e. The van der Waals surface area contributed by atoms with Gasteiger partial charge in [0, 0.05) is 12.4 Å². The zero-order valence-electron chi connectivity index (χ0n) is 10.4. The summed E-state index contributed by atoms with van der Waals surface area (Å²) in [4.78, 5) is 18.7. The first-order chi connectivity index (χ1) is 7.21. The highest BCUT2D eigenvalue weighted by Gasteiger charge is 2.27. The van der Waals surface area contributed by atoms with Crippen LogP contribution in [0.3, 0.4) is 0 Å². The number of carbonyl (C=O) groups excluding carboxylic acids is 1. The van der Waals surface area contributed by atoms with Crippen molar-refractivity contribution >= 4 is 6.09 Å². The number of nitrogens with zero attached hydrogens (tertiary/aromatic N) is 1. The van der Waals surface area contributed by atoms with Gasteiger partial charge in [0.25, 0.3) is 0 Å². The molecule has 0 aromatic carbocycles. The second kappa shape index (κ2) is 4.15. The second-order valence-corrected chi connectivity index (χ2v) is 5.19. The predicted octanol–water partition coefficient (Wildman–Crippen LogP) is 2.17. The molecular formula is C11H19N3O2. The lowest BCUT2D eigenvalue weighted by Gasteiger charge is -2.27. The van der Waals surface area contributed by atoms with E-state index in [0.717, 1.165) is 0 Å². The maximum Gasteiger partial charge on any atom is 0.408 e. The zero-order valence-corrected chi connectivity index (χ0v) is 10.4. The molecule has 0 radical (unpaired) electrons. The topological polar surface area (TPSA) is 67.0 Å². The van der Waals surface area contributed by atoms with Crippen LogP contribution in [-0.2, 0) is 10.3 Å². The van der Waals surface area contributed by atoms with Crippen molar-refractivity contribution in [2.45, 2.75) is 45.8 Å². The number of aromatic amines is 1. The molecule has 0 aliphatic heterocycles. The first kappa shape index (κ1) is 12.5. The molecular weight excluding hydrogens is 206 g/mol. The molecule has 90 valence electrons. The lowest BCUT2D eigenvalue weighted by atomic mass is 10.1. The number of rotatable bonds is 2. The molecule has 0 spiro atoms. The summed E-state index contributed by atoms with van der Waals surface area (Å²) in [5.41, 5.74) is -1.07. The highest BCUT2D eigenvalue weighted by atomic mass is 16.6. The third-order valence-electron chi connectivity index (χ3n) is 1.90. The standard InChI is InChI=1S/C11H19N3O2/c1-10(2,3)16-9(15)14-11(4,5)8-12-6-7-13-8/h6-7H,1-5H3,(H,12,13)(H,14,15). The molecule has 1 amide bonds. The number of aromatic nitrogens is 2. The maximum absolute atomic E-state index is 11.6. The van der Waals surface area contributed by atoms with Crippen molar-refractivity contribution in [1.82, 2.24) is 15.3 Å². The summed E-state index contributed by atoms with van der Waals surface area (Å²) in [6, 6.07) is 0. The van der Waals surface area contributed by atoms with E-state index in [0.29, 0.717) is 5.82 Å². The second-order valence-electron chi connectivity index (χ2n) is 5.19. The molecule has 16 heavy (non-hydrogen) atoms. The maximum atomic E-state index is 11.6. The molecule has 1 aromatic heterocycles. The van der Waals surface area contributed by atoms with E-state index in [1.165, 1.54) is 0 Å². The van der Waals surface area contributed by atoms with E-state index in [9.17, 15) is 4.79 Å². The van der Waals surface area contributed by atoms with E-state index in [4.69, 9.17) is 4.74 Å². The highest BCUT2D eigenvalue weighted by molar-refractivity contribution is 5.68. The molecule has 0 atom stereocenters. The molecule has 0 saturated carbocycles. The third-order valence-corrected chi connectivity index (χ3v) is 1.90. The quantitative estimate of drug-likeness (QED) is 0.810. The van der Waals surface area contributed by atoms with E-state index in [1.807, 2.05) is 34.6 Å². The fraction of sp³-hybridized carbons (Fsp3) is 0.636. The summed E-state index contributed by atoms with van der Waals surface area (Å²) >= 11 is 0. The first-order valence-corrected chi connectivity index (χ1v) is 5.22. The van der Waals surface area contributed by atoms with Crippen LogP contribution in [0.15, 0.2) is 12.4 Å². The van der Waals surface area contributed by atoms with Crippen LogP contribution < -0.4 is 5.32 Å². The van der Waals surface area contributed by atoms with Gasteiger partial charge in [-0.25, -0.2) is 9.78 Å². The zero-order chi connectivity index (χ0) is 12.4. The molecule has 0 unspecified atom stereocenters. The molecule has 1 rings (SSSR count). The Balaban J connectivity index is 2.64. The van der Waals surface area contributed by atoms with Crippen molar-refractivity contribution in [3.8, 4) is 0 Å². The van der Waals surface area contributed by atoms with Crippen LogP contribution in [0, 0.1) is 0 Å². The normalized spacial score (nSPS) is 12.3. The molecule has 1 heterocycles. The molecule has 5 nitrogen and oxygen atoms in total. The average Bonchev–Trinajstić information content (AvgIpc) is 2.49. The van der Waals surface area contributed by atoms with Crippen molar-refractivity contribution in [2.75, 3.05) is 0 Å². The minimum absolute atomic E-state index is 0.450. The van der Waals surface area contributed by atoms with Gasteiger partial charge in [-0.05, 0) is 34.6 Å². The Morgan fingerprint density at radius 1 is 1.38 bits per heavy atom. The van der Waals surface area contributed by atoms with Crippen LogP contribution in [0.2, 0.25) is 0 Å². The van der Waals surface area contributed by atoms with Crippen molar-refractivity contribution in [3.05, 3.63) is 18.2 Å². The lowest BCUT2D eigenvalue weighted by Crippen LogP contribution is -2.44. The Labute approximate surface area is 95.6 Å². The number of hydrogen-bond donors (Lipinski definition) is 2. The van der Waals surface area contributed by atoms with Crippen molar-refractivity contribution in [2.24, 2.45) is 0 Å². The van der Waals surface area contributed by atoms with Gasteiger partial charge in [-0.1, -0.05) is 0 Å². The lowest BCUT2D eigenvalue weighted by molar-refractivity contribution is 0.0466. The minimum atomic E-state index is -0.578. The van der Waals surface area contributed by atoms with Gasteiger partial charge < -0.3 is 15.0 Å². The van der Waals surface area contributed by atoms with Gasteiger partial charge >= 0.3 is 6.09 Å². The Bertz CT molecular complexity index is 350. The highest BCUT2D eigenvalue weighted by Crippen LogP contribution is 2.16. The SMILES string of the molecule is CC(C)(C)OC(=O)NC(C)(C)c1ncc[nH]1. The Morgan fingerprint density at radius 2 is 2.00 bits per heavy atom. The third kappa shape index (κ3) is 3.56. The van der Waals surface area contributed by atoms with Gasteiger partial charge in [-0.15, -0.1) is 0 Å². The van der Waals surface area contributed by atoms with E-state index in [1.54, 1.807) is 12.4 Å². The average molecular weight is 225 g/mol. The van der Waals surface area contributed by atoms with Crippen LogP contribution in [0.4, 0.5) is 4.79 Å². The number of nitrogens with one attached hydrogen (secondary N) is 2. The molecule has 0 bridgehead atoms. The van der Waals surface area contributed by atoms with E-state index < -0.39 is 17.2 Å². The van der Waals surface area contributed by atoms with Gasteiger partial charge in [-0.2, -0.15) is 0 Å².